The first kappa shape index (κ1) is 15.9. The average Bonchev–Trinajstić information content (AvgIpc) is 3.03. The van der Waals surface area contributed by atoms with E-state index in [1.54, 1.807) is 0 Å². The lowest BCUT2D eigenvalue weighted by atomic mass is 10.0. The quantitative estimate of drug-likeness (QED) is 0.611. The highest BCUT2D eigenvalue weighted by atomic mass is 79.9. The van der Waals surface area contributed by atoms with Crippen molar-refractivity contribution in [1.29, 1.82) is 0 Å². The smallest absolute Gasteiger partial charge is 0.173 e. The molecule has 1 aromatic heterocycles. The van der Waals surface area contributed by atoms with E-state index in [2.05, 4.69) is 88.7 Å². The zero-order valence-corrected chi connectivity index (χ0v) is 16.0. The average molecular weight is 449 g/mol. The van der Waals surface area contributed by atoms with Crippen molar-refractivity contribution in [3.8, 4) is 0 Å². The Labute approximate surface area is 156 Å². The van der Waals surface area contributed by atoms with Crippen molar-refractivity contribution < 1.29 is 0 Å². The lowest BCUT2D eigenvalue weighted by Crippen LogP contribution is -2.39. The minimum absolute atomic E-state index is 0.0465. The number of benzene rings is 2. The van der Waals surface area contributed by atoms with E-state index in [0.29, 0.717) is 0 Å². The van der Waals surface area contributed by atoms with Crippen LogP contribution in [0, 0.1) is 0 Å². The molecule has 0 bridgehead atoms. The zero-order valence-electron chi connectivity index (χ0n) is 12.8. The topological polar surface area (TPSA) is 46.8 Å². The fourth-order valence-electron chi connectivity index (χ4n) is 3.16. The van der Waals surface area contributed by atoms with Crippen LogP contribution in [0.3, 0.4) is 0 Å². The molecular weight excluding hydrogens is 434 g/mol. The molecule has 0 fully saturated rings. The van der Waals surface area contributed by atoms with E-state index in [0.717, 1.165) is 34.4 Å². The highest BCUT2D eigenvalue weighted by Gasteiger charge is 2.31. The van der Waals surface area contributed by atoms with Gasteiger partial charge in [0, 0.05) is 22.0 Å². The molecule has 7 heteroatoms. The van der Waals surface area contributed by atoms with Crippen molar-refractivity contribution in [3.63, 3.8) is 0 Å². The Kier molecular flexibility index (Phi) is 4.47. The first-order valence-corrected chi connectivity index (χ1v) is 9.29. The molecular formula is C17H15Br2N5. The second-order valence-corrected chi connectivity index (χ2v) is 7.65. The van der Waals surface area contributed by atoms with E-state index < -0.39 is 0 Å². The summed E-state index contributed by atoms with van der Waals surface area (Å²) in [6.45, 7) is 2.56. The van der Waals surface area contributed by atoms with Gasteiger partial charge >= 0.3 is 0 Å². The summed E-state index contributed by atoms with van der Waals surface area (Å²) in [7, 11) is 0. The van der Waals surface area contributed by atoms with Crippen LogP contribution in [-0.2, 0) is 13.1 Å². The molecule has 0 N–H and O–H groups in total. The highest BCUT2D eigenvalue weighted by molar-refractivity contribution is 9.10. The van der Waals surface area contributed by atoms with Crippen molar-refractivity contribution in [2.24, 2.45) is 0 Å². The number of aromatic nitrogens is 4. The largest absolute Gasteiger partial charge is 0.284 e. The Balaban J connectivity index is 1.72. The van der Waals surface area contributed by atoms with E-state index >= 15 is 0 Å². The number of halogens is 2. The summed E-state index contributed by atoms with van der Waals surface area (Å²) in [4.78, 5) is 2.43. The van der Waals surface area contributed by atoms with Crippen molar-refractivity contribution in [2.75, 3.05) is 6.54 Å². The van der Waals surface area contributed by atoms with Gasteiger partial charge in [-0.05, 0) is 45.8 Å². The van der Waals surface area contributed by atoms with Crippen molar-refractivity contribution in [2.45, 2.75) is 19.1 Å². The SMILES string of the molecule is Brc1cccc(CN2CCn3nnnc3C2c2cccc(Br)c2)c1. The van der Waals surface area contributed by atoms with Crippen LogP contribution in [0.1, 0.15) is 23.0 Å². The zero-order chi connectivity index (χ0) is 16.5. The van der Waals surface area contributed by atoms with E-state index in [9.17, 15) is 0 Å². The van der Waals surface area contributed by atoms with E-state index in [1.165, 1.54) is 11.1 Å². The molecule has 2 heterocycles. The minimum atomic E-state index is 0.0465. The number of fused-ring (bicyclic) bond motifs is 1. The summed E-state index contributed by atoms with van der Waals surface area (Å²) >= 11 is 7.13. The standard InChI is InChI=1S/C17H15Br2N5/c18-14-5-1-3-12(9-14)11-23-7-8-24-17(20-21-22-24)16(23)13-4-2-6-15(19)10-13/h1-6,9-10,16H,7-8,11H2. The maximum absolute atomic E-state index is 4.29. The third-order valence-electron chi connectivity index (χ3n) is 4.21. The summed E-state index contributed by atoms with van der Waals surface area (Å²) < 4.78 is 4.07. The van der Waals surface area contributed by atoms with Gasteiger partial charge in [0.15, 0.2) is 5.82 Å². The summed E-state index contributed by atoms with van der Waals surface area (Å²) in [6.07, 6.45) is 0. The molecule has 0 aliphatic carbocycles. The number of hydrogen-bond donors (Lipinski definition) is 0. The minimum Gasteiger partial charge on any atom is -0.284 e. The monoisotopic (exact) mass is 447 g/mol. The van der Waals surface area contributed by atoms with E-state index in [1.807, 2.05) is 16.8 Å². The van der Waals surface area contributed by atoms with Crippen molar-refractivity contribution >= 4 is 31.9 Å². The second-order valence-electron chi connectivity index (χ2n) is 5.82. The lowest BCUT2D eigenvalue weighted by molar-refractivity contribution is 0.164. The Bertz CT molecular complexity index is 863. The third-order valence-corrected chi connectivity index (χ3v) is 5.19. The summed E-state index contributed by atoms with van der Waals surface area (Å²) in [5.41, 5.74) is 2.46. The molecule has 0 radical (unpaired) electrons. The van der Waals surface area contributed by atoms with Gasteiger partial charge in [-0.2, -0.15) is 0 Å². The van der Waals surface area contributed by atoms with E-state index in [4.69, 9.17) is 0 Å². The Morgan fingerprint density at radius 1 is 1.00 bits per heavy atom. The molecule has 3 aromatic rings. The summed E-state index contributed by atoms with van der Waals surface area (Å²) in [6, 6.07) is 16.8. The molecule has 0 spiro atoms. The molecule has 1 aliphatic rings. The number of hydrogen-bond acceptors (Lipinski definition) is 4. The molecule has 1 unspecified atom stereocenters. The van der Waals surface area contributed by atoms with Gasteiger partial charge in [-0.25, -0.2) is 4.68 Å². The van der Waals surface area contributed by atoms with Crippen LogP contribution >= 0.6 is 31.9 Å². The van der Waals surface area contributed by atoms with E-state index in [-0.39, 0.29) is 6.04 Å². The molecule has 0 amide bonds. The Morgan fingerprint density at radius 2 is 1.79 bits per heavy atom. The number of tetrazole rings is 1. The van der Waals surface area contributed by atoms with Gasteiger partial charge < -0.3 is 0 Å². The van der Waals surface area contributed by atoms with Gasteiger partial charge in [-0.3, -0.25) is 4.90 Å². The van der Waals surface area contributed by atoms with Gasteiger partial charge in [0.2, 0.25) is 0 Å². The van der Waals surface area contributed by atoms with Crippen LogP contribution in [-0.4, -0.2) is 31.7 Å². The molecule has 5 nitrogen and oxygen atoms in total. The first-order chi connectivity index (χ1) is 11.7. The molecule has 1 atom stereocenters. The van der Waals surface area contributed by atoms with Crippen LogP contribution in [0.15, 0.2) is 57.5 Å². The molecule has 1 aliphatic heterocycles. The normalized spacial score (nSPS) is 17.7. The first-order valence-electron chi connectivity index (χ1n) is 7.71. The van der Waals surface area contributed by atoms with Crippen molar-refractivity contribution in [1.82, 2.24) is 25.1 Å². The molecule has 24 heavy (non-hydrogen) atoms. The predicted octanol–water partition coefficient (Wildman–Crippen LogP) is 3.80. The second kappa shape index (κ2) is 6.74. The predicted molar refractivity (Wildman–Crippen MR) is 98.4 cm³/mol. The van der Waals surface area contributed by atoms with Gasteiger partial charge in [0.05, 0.1) is 12.6 Å². The lowest BCUT2D eigenvalue weighted by Gasteiger charge is -2.35. The van der Waals surface area contributed by atoms with Crippen LogP contribution < -0.4 is 0 Å². The Hall–Kier alpha value is -1.57. The number of rotatable bonds is 3. The van der Waals surface area contributed by atoms with Gasteiger partial charge in [-0.1, -0.05) is 56.1 Å². The molecule has 0 saturated heterocycles. The van der Waals surface area contributed by atoms with Gasteiger partial charge in [0.25, 0.3) is 0 Å². The van der Waals surface area contributed by atoms with Crippen LogP contribution in [0.2, 0.25) is 0 Å². The summed E-state index contributed by atoms with van der Waals surface area (Å²) in [5.74, 6) is 0.898. The van der Waals surface area contributed by atoms with Gasteiger partial charge in [-0.15, -0.1) is 5.10 Å². The van der Waals surface area contributed by atoms with Crippen LogP contribution in [0.5, 0.6) is 0 Å². The maximum Gasteiger partial charge on any atom is 0.173 e. The molecule has 4 rings (SSSR count). The van der Waals surface area contributed by atoms with Gasteiger partial charge in [0.1, 0.15) is 0 Å². The fraction of sp³-hybridized carbons (Fsp3) is 0.235. The van der Waals surface area contributed by atoms with Crippen molar-refractivity contribution in [3.05, 3.63) is 74.4 Å². The van der Waals surface area contributed by atoms with Crippen LogP contribution in [0.25, 0.3) is 0 Å². The van der Waals surface area contributed by atoms with Crippen LogP contribution in [0.4, 0.5) is 0 Å². The highest BCUT2D eigenvalue weighted by Crippen LogP contribution is 2.32. The molecule has 0 saturated carbocycles. The fourth-order valence-corrected chi connectivity index (χ4v) is 4.02. The number of nitrogens with zero attached hydrogens (tertiary/aromatic N) is 5. The molecule has 2 aromatic carbocycles. The summed E-state index contributed by atoms with van der Waals surface area (Å²) in [5, 5.41) is 12.3. The maximum atomic E-state index is 4.29. The third kappa shape index (κ3) is 3.16. The Morgan fingerprint density at radius 3 is 2.58 bits per heavy atom. The molecule has 122 valence electrons.